The Hall–Kier alpha value is -0.850. The molecule has 0 bridgehead atoms. The molecule has 0 saturated carbocycles. The van der Waals surface area contributed by atoms with E-state index in [1.54, 1.807) is 12.1 Å². The number of rotatable bonds is 4. The Morgan fingerprint density at radius 1 is 1.44 bits per heavy atom. The van der Waals surface area contributed by atoms with Gasteiger partial charge in [0.25, 0.3) is 0 Å². The van der Waals surface area contributed by atoms with Crippen LogP contribution in [0.5, 0.6) is 0 Å². The van der Waals surface area contributed by atoms with Crippen molar-refractivity contribution in [3.8, 4) is 0 Å². The minimum absolute atomic E-state index is 0.127. The van der Waals surface area contributed by atoms with Gasteiger partial charge in [-0.1, -0.05) is 11.6 Å². The van der Waals surface area contributed by atoms with E-state index in [0.717, 1.165) is 25.9 Å². The quantitative estimate of drug-likeness (QED) is 0.881. The van der Waals surface area contributed by atoms with Crippen molar-refractivity contribution in [1.29, 1.82) is 0 Å². The van der Waals surface area contributed by atoms with Gasteiger partial charge in [-0.15, -0.1) is 0 Å². The summed E-state index contributed by atoms with van der Waals surface area (Å²) in [5.41, 5.74) is 0. The van der Waals surface area contributed by atoms with E-state index in [4.69, 9.17) is 11.6 Å². The topological polar surface area (TPSA) is 71.1 Å². The Morgan fingerprint density at radius 2 is 2.17 bits per heavy atom. The fourth-order valence-electron chi connectivity index (χ4n) is 2.01. The highest BCUT2D eigenvalue weighted by molar-refractivity contribution is 7.92. The molecule has 0 unspecified atom stereocenters. The van der Waals surface area contributed by atoms with Crippen LogP contribution < -0.4 is 10.0 Å². The van der Waals surface area contributed by atoms with Crippen LogP contribution in [0.1, 0.15) is 12.8 Å². The van der Waals surface area contributed by atoms with E-state index in [1.165, 1.54) is 6.20 Å². The molecule has 2 heterocycles. The number of nitrogens with zero attached hydrogens (tertiary/aromatic N) is 1. The second kappa shape index (κ2) is 5.86. The Morgan fingerprint density at radius 3 is 2.83 bits per heavy atom. The number of sulfonamides is 1. The first-order chi connectivity index (χ1) is 8.57. The molecule has 0 aliphatic carbocycles. The van der Waals surface area contributed by atoms with Crippen LogP contribution in [0.25, 0.3) is 0 Å². The van der Waals surface area contributed by atoms with Crippen molar-refractivity contribution in [3.05, 3.63) is 23.4 Å². The zero-order valence-corrected chi connectivity index (χ0v) is 11.5. The second-order valence-electron chi connectivity index (χ2n) is 4.41. The Labute approximate surface area is 112 Å². The molecule has 2 rings (SSSR count). The molecule has 0 atom stereocenters. The van der Waals surface area contributed by atoms with Crippen molar-refractivity contribution in [2.24, 2.45) is 5.92 Å². The molecule has 2 N–H and O–H groups in total. The van der Waals surface area contributed by atoms with E-state index in [9.17, 15) is 8.42 Å². The van der Waals surface area contributed by atoms with E-state index >= 15 is 0 Å². The summed E-state index contributed by atoms with van der Waals surface area (Å²) < 4.78 is 26.4. The standard InChI is InChI=1S/C11H16ClN3O2S/c12-10-2-1-5-14-11(10)15-18(16,17)8-9-3-6-13-7-4-9/h1-2,5,9,13H,3-4,6-8H2,(H,14,15). The molecule has 0 spiro atoms. The summed E-state index contributed by atoms with van der Waals surface area (Å²) in [5.74, 6) is 0.529. The smallest absolute Gasteiger partial charge is 0.234 e. The average molecular weight is 290 g/mol. The zero-order valence-electron chi connectivity index (χ0n) is 9.89. The maximum atomic E-state index is 12.0. The summed E-state index contributed by atoms with van der Waals surface area (Å²) in [6, 6.07) is 3.27. The third-order valence-electron chi connectivity index (χ3n) is 2.92. The van der Waals surface area contributed by atoms with Crippen LogP contribution in [-0.2, 0) is 10.0 Å². The predicted octanol–water partition coefficient (Wildman–Crippen LogP) is 1.48. The lowest BCUT2D eigenvalue weighted by Gasteiger charge is -2.22. The maximum Gasteiger partial charge on any atom is 0.234 e. The fourth-order valence-corrected chi connectivity index (χ4v) is 3.73. The van der Waals surface area contributed by atoms with Crippen molar-refractivity contribution in [2.45, 2.75) is 12.8 Å². The number of nitrogens with one attached hydrogen (secondary N) is 2. The van der Waals surface area contributed by atoms with Gasteiger partial charge in [0.05, 0.1) is 10.8 Å². The minimum Gasteiger partial charge on any atom is -0.317 e. The highest BCUT2D eigenvalue weighted by Crippen LogP contribution is 2.20. The molecule has 1 aromatic rings. The van der Waals surface area contributed by atoms with Gasteiger partial charge in [-0.05, 0) is 44.0 Å². The van der Waals surface area contributed by atoms with Crippen LogP contribution in [0, 0.1) is 5.92 Å². The number of anilines is 1. The molecule has 0 radical (unpaired) electrons. The van der Waals surface area contributed by atoms with Crippen LogP contribution in [0.2, 0.25) is 5.02 Å². The van der Waals surface area contributed by atoms with Crippen molar-refractivity contribution < 1.29 is 8.42 Å². The van der Waals surface area contributed by atoms with Gasteiger partial charge >= 0.3 is 0 Å². The molecule has 5 nitrogen and oxygen atoms in total. The summed E-state index contributed by atoms with van der Waals surface area (Å²) in [7, 11) is -3.38. The fraction of sp³-hybridized carbons (Fsp3) is 0.545. The first-order valence-electron chi connectivity index (χ1n) is 5.88. The number of piperidine rings is 1. The molecule has 0 aromatic carbocycles. The van der Waals surface area contributed by atoms with Gasteiger partial charge in [0.2, 0.25) is 10.0 Å². The zero-order chi connectivity index (χ0) is 13.0. The van der Waals surface area contributed by atoms with Gasteiger partial charge < -0.3 is 5.32 Å². The number of pyridine rings is 1. The largest absolute Gasteiger partial charge is 0.317 e. The first kappa shape index (κ1) is 13.6. The van der Waals surface area contributed by atoms with E-state index in [2.05, 4.69) is 15.0 Å². The van der Waals surface area contributed by atoms with Crippen molar-refractivity contribution >= 4 is 27.4 Å². The molecule has 1 aliphatic rings. The van der Waals surface area contributed by atoms with Crippen molar-refractivity contribution in [2.75, 3.05) is 23.6 Å². The molecule has 100 valence electrons. The molecule has 0 amide bonds. The average Bonchev–Trinajstić information content (AvgIpc) is 2.32. The van der Waals surface area contributed by atoms with Gasteiger partial charge in [-0.3, -0.25) is 4.72 Å². The molecular formula is C11H16ClN3O2S. The van der Waals surface area contributed by atoms with E-state index in [0.29, 0.717) is 5.02 Å². The monoisotopic (exact) mass is 289 g/mol. The SMILES string of the molecule is O=S(=O)(CC1CCNCC1)Nc1ncccc1Cl. The molecular weight excluding hydrogens is 274 g/mol. The lowest BCUT2D eigenvalue weighted by Crippen LogP contribution is -2.33. The molecule has 18 heavy (non-hydrogen) atoms. The highest BCUT2D eigenvalue weighted by atomic mass is 35.5. The Balaban J connectivity index is 2.01. The number of halogens is 1. The van der Waals surface area contributed by atoms with Crippen molar-refractivity contribution in [1.82, 2.24) is 10.3 Å². The number of hydrogen-bond donors (Lipinski definition) is 2. The van der Waals surface area contributed by atoms with Crippen molar-refractivity contribution in [3.63, 3.8) is 0 Å². The summed E-state index contributed by atoms with van der Waals surface area (Å²) in [6.45, 7) is 1.76. The van der Waals surface area contributed by atoms with Gasteiger partial charge in [-0.25, -0.2) is 13.4 Å². The van der Waals surface area contributed by atoms with Gasteiger partial charge in [0, 0.05) is 6.20 Å². The summed E-state index contributed by atoms with van der Waals surface area (Å²) >= 11 is 5.87. The van der Waals surface area contributed by atoms with Gasteiger partial charge in [-0.2, -0.15) is 0 Å². The normalized spacial score (nSPS) is 17.6. The van der Waals surface area contributed by atoms with E-state index in [-0.39, 0.29) is 17.5 Å². The highest BCUT2D eigenvalue weighted by Gasteiger charge is 2.22. The van der Waals surface area contributed by atoms with E-state index < -0.39 is 10.0 Å². The summed E-state index contributed by atoms with van der Waals surface area (Å²) in [4.78, 5) is 3.92. The maximum absolute atomic E-state index is 12.0. The Kier molecular flexibility index (Phi) is 4.42. The van der Waals surface area contributed by atoms with Crippen LogP contribution in [0.4, 0.5) is 5.82 Å². The Bertz CT molecular complexity index is 501. The minimum atomic E-state index is -3.38. The van der Waals surface area contributed by atoms with Gasteiger partial charge in [0.15, 0.2) is 5.82 Å². The third-order valence-corrected chi connectivity index (χ3v) is 4.64. The molecule has 1 fully saturated rings. The van der Waals surface area contributed by atoms with Crippen LogP contribution in [0.3, 0.4) is 0 Å². The lowest BCUT2D eigenvalue weighted by atomic mass is 10.0. The molecule has 7 heteroatoms. The lowest BCUT2D eigenvalue weighted by molar-refractivity contribution is 0.402. The molecule has 1 aromatic heterocycles. The summed E-state index contributed by atoms with van der Waals surface area (Å²) in [5, 5.41) is 3.52. The first-order valence-corrected chi connectivity index (χ1v) is 7.91. The van der Waals surface area contributed by atoms with Gasteiger partial charge in [0.1, 0.15) is 0 Å². The predicted molar refractivity (Wildman–Crippen MR) is 72.3 cm³/mol. The third kappa shape index (κ3) is 3.83. The van der Waals surface area contributed by atoms with E-state index in [1.807, 2.05) is 0 Å². The summed E-state index contributed by atoms with van der Waals surface area (Å²) in [6.07, 6.45) is 3.28. The number of aromatic nitrogens is 1. The van der Waals surface area contributed by atoms with Crippen LogP contribution in [0.15, 0.2) is 18.3 Å². The van der Waals surface area contributed by atoms with Crippen LogP contribution in [-0.4, -0.2) is 32.2 Å². The molecule has 1 aliphatic heterocycles. The second-order valence-corrected chi connectivity index (χ2v) is 6.58. The van der Waals surface area contributed by atoms with Crippen LogP contribution >= 0.6 is 11.6 Å². The number of hydrogen-bond acceptors (Lipinski definition) is 4. The molecule has 1 saturated heterocycles.